The van der Waals surface area contributed by atoms with Gasteiger partial charge in [0.15, 0.2) is 11.4 Å². The van der Waals surface area contributed by atoms with Crippen LogP contribution in [-0.2, 0) is 29.0 Å². The van der Waals surface area contributed by atoms with E-state index in [1.54, 1.807) is 0 Å². The number of aliphatic hydroxyl groups excluding tert-OH is 2. The SMILES string of the molecule is CN(CCc1ccccc1)Cc1cc(O)c2c(c1F)CC1C[C@H]3CC(O)=C(C(N)=O)C(=O)[C@@]3(O)C(O)=C1C2=O. The van der Waals surface area contributed by atoms with E-state index < -0.39 is 63.6 Å². The Hall–Kier alpha value is -4.02. The number of allylic oxidation sites excluding steroid dienone is 2. The number of fused-ring (bicyclic) bond motifs is 3. The highest BCUT2D eigenvalue weighted by molar-refractivity contribution is 6.24. The Bertz CT molecular complexity index is 1470. The van der Waals surface area contributed by atoms with E-state index in [0.717, 1.165) is 12.0 Å². The summed E-state index contributed by atoms with van der Waals surface area (Å²) in [5.41, 5.74) is 2.40. The lowest BCUT2D eigenvalue weighted by Crippen LogP contribution is -2.57. The average Bonchev–Trinajstić information content (AvgIpc) is 2.88. The molecule has 0 fully saturated rings. The molecule has 2 aromatic carbocycles. The van der Waals surface area contributed by atoms with Crippen molar-refractivity contribution in [2.75, 3.05) is 13.6 Å². The van der Waals surface area contributed by atoms with Crippen LogP contribution >= 0.6 is 0 Å². The standard InChI is InChI=1S/C29H29FN2O7/c1-32(8-7-14-5-3-2-4-6-14)13-16-11-19(33)22-18(24(16)30)10-15-9-17-12-20(34)23(28(31)38)27(37)29(17,39)26(36)21(15)25(22)35/h2-6,11,15,17,33-34,36,39H,7-10,12-13H2,1H3,(H2,31,38)/t15?,17-,29-/m0/s1. The first kappa shape index (κ1) is 26.6. The van der Waals surface area contributed by atoms with Crippen molar-refractivity contribution in [2.45, 2.75) is 37.8 Å². The van der Waals surface area contributed by atoms with Crippen LogP contribution in [0.5, 0.6) is 5.75 Å². The lowest BCUT2D eigenvalue weighted by Gasteiger charge is -2.45. The number of carbonyl (C=O) groups is 3. The Balaban J connectivity index is 1.47. The predicted octanol–water partition coefficient (Wildman–Crippen LogP) is 2.39. The van der Waals surface area contributed by atoms with Crippen LogP contribution in [0.1, 0.15) is 39.9 Å². The van der Waals surface area contributed by atoms with Crippen molar-refractivity contribution < 1.29 is 39.2 Å². The summed E-state index contributed by atoms with van der Waals surface area (Å²) >= 11 is 0. The fourth-order valence-corrected chi connectivity index (χ4v) is 6.17. The predicted molar refractivity (Wildman–Crippen MR) is 137 cm³/mol. The summed E-state index contributed by atoms with van der Waals surface area (Å²) in [6.07, 6.45) is 0.278. The molecule has 0 saturated carbocycles. The molecule has 3 atom stereocenters. The fraction of sp³-hybridized carbons (Fsp3) is 0.345. The highest BCUT2D eigenvalue weighted by Crippen LogP contribution is 2.51. The molecule has 3 aliphatic carbocycles. The van der Waals surface area contributed by atoms with E-state index in [0.29, 0.717) is 6.54 Å². The molecule has 2 aromatic rings. The summed E-state index contributed by atoms with van der Waals surface area (Å²) in [5.74, 6) is -8.00. The molecule has 1 amide bonds. The van der Waals surface area contributed by atoms with Gasteiger partial charge in [0, 0.05) is 42.1 Å². The maximum atomic E-state index is 15.8. The number of halogens is 1. The average molecular weight is 537 g/mol. The molecule has 3 aliphatic rings. The van der Waals surface area contributed by atoms with Gasteiger partial charge in [0.05, 0.1) is 5.56 Å². The second kappa shape index (κ2) is 9.62. The summed E-state index contributed by atoms with van der Waals surface area (Å²) in [6, 6.07) is 11.0. The number of carbonyl (C=O) groups excluding carboxylic acids is 3. The van der Waals surface area contributed by atoms with Gasteiger partial charge in [0.1, 0.15) is 28.7 Å². The topological polar surface area (TPSA) is 161 Å². The van der Waals surface area contributed by atoms with Crippen molar-refractivity contribution in [3.05, 3.63) is 87.1 Å². The van der Waals surface area contributed by atoms with Crippen molar-refractivity contribution in [2.24, 2.45) is 17.6 Å². The molecule has 0 aliphatic heterocycles. The van der Waals surface area contributed by atoms with E-state index in [1.807, 2.05) is 42.3 Å². The molecule has 5 rings (SSSR count). The number of phenolic OH excluding ortho intramolecular Hbond substituents is 1. The van der Waals surface area contributed by atoms with Crippen LogP contribution in [0.25, 0.3) is 0 Å². The van der Waals surface area contributed by atoms with Crippen molar-refractivity contribution >= 4 is 17.5 Å². The van der Waals surface area contributed by atoms with E-state index in [4.69, 9.17) is 5.73 Å². The van der Waals surface area contributed by atoms with Crippen molar-refractivity contribution in [1.29, 1.82) is 0 Å². The highest BCUT2D eigenvalue weighted by atomic mass is 19.1. The largest absolute Gasteiger partial charge is 0.511 e. The number of hydrogen-bond donors (Lipinski definition) is 5. The normalized spacial score (nSPS) is 24.5. The van der Waals surface area contributed by atoms with Gasteiger partial charge in [-0.05, 0) is 43.9 Å². The molecule has 0 bridgehead atoms. The van der Waals surface area contributed by atoms with Crippen molar-refractivity contribution in [3.63, 3.8) is 0 Å². The Labute approximate surface area is 223 Å². The summed E-state index contributed by atoms with van der Waals surface area (Å²) < 4.78 is 15.8. The fourth-order valence-electron chi connectivity index (χ4n) is 6.17. The first-order chi connectivity index (χ1) is 18.4. The second-order valence-corrected chi connectivity index (χ2v) is 10.6. The minimum Gasteiger partial charge on any atom is -0.511 e. The molecule has 0 spiro atoms. The number of Topliss-reactive ketones (excluding diaryl/α,β-unsaturated/α-hetero) is 2. The third kappa shape index (κ3) is 4.20. The van der Waals surface area contributed by atoms with E-state index >= 15 is 4.39 Å². The van der Waals surface area contributed by atoms with Gasteiger partial charge in [-0.1, -0.05) is 30.3 Å². The Morgan fingerprint density at radius 2 is 1.85 bits per heavy atom. The van der Waals surface area contributed by atoms with Crippen LogP contribution < -0.4 is 5.73 Å². The molecule has 204 valence electrons. The molecule has 0 aromatic heterocycles. The van der Waals surface area contributed by atoms with Crippen LogP contribution in [0.3, 0.4) is 0 Å². The first-order valence-corrected chi connectivity index (χ1v) is 12.7. The van der Waals surface area contributed by atoms with Gasteiger partial charge in [-0.15, -0.1) is 0 Å². The Morgan fingerprint density at radius 3 is 2.51 bits per heavy atom. The molecule has 0 saturated heterocycles. The lowest BCUT2D eigenvalue weighted by atomic mass is 9.60. The van der Waals surface area contributed by atoms with Gasteiger partial charge in [-0.25, -0.2) is 4.39 Å². The number of likely N-dealkylation sites (N-methyl/N-ethyl adjacent to an activating group) is 1. The van der Waals surface area contributed by atoms with Crippen LogP contribution in [-0.4, -0.2) is 62.0 Å². The second-order valence-electron chi connectivity index (χ2n) is 10.6. The number of aromatic hydroxyl groups is 1. The van der Waals surface area contributed by atoms with Gasteiger partial charge < -0.3 is 31.1 Å². The number of primary amides is 1. The van der Waals surface area contributed by atoms with E-state index in [9.17, 15) is 34.8 Å². The minimum absolute atomic E-state index is 0.00169. The molecule has 0 heterocycles. The molecule has 9 nitrogen and oxygen atoms in total. The van der Waals surface area contributed by atoms with Crippen LogP contribution in [0.2, 0.25) is 0 Å². The maximum Gasteiger partial charge on any atom is 0.255 e. The van der Waals surface area contributed by atoms with Crippen LogP contribution in [0.15, 0.2) is 59.1 Å². The maximum absolute atomic E-state index is 15.8. The van der Waals surface area contributed by atoms with Crippen molar-refractivity contribution in [3.8, 4) is 5.75 Å². The van der Waals surface area contributed by atoms with Crippen LogP contribution in [0.4, 0.5) is 4.39 Å². The zero-order chi connectivity index (χ0) is 28.2. The zero-order valence-corrected chi connectivity index (χ0v) is 21.3. The number of phenols is 1. The van der Waals surface area contributed by atoms with Crippen LogP contribution in [0, 0.1) is 17.7 Å². The van der Waals surface area contributed by atoms with Gasteiger partial charge >= 0.3 is 0 Å². The highest BCUT2D eigenvalue weighted by Gasteiger charge is 2.59. The molecular formula is C29H29FN2O7. The molecule has 1 unspecified atom stereocenters. The van der Waals surface area contributed by atoms with Gasteiger partial charge in [0.2, 0.25) is 5.78 Å². The number of hydrogen-bond acceptors (Lipinski definition) is 8. The summed E-state index contributed by atoms with van der Waals surface area (Å²) in [4.78, 5) is 40.1. The van der Waals surface area contributed by atoms with Gasteiger partial charge in [-0.2, -0.15) is 0 Å². The number of amides is 1. The Kier molecular flexibility index (Phi) is 6.56. The molecule has 6 N–H and O–H groups in total. The number of nitrogens with two attached hydrogens (primary N) is 1. The van der Waals surface area contributed by atoms with Crippen molar-refractivity contribution in [1.82, 2.24) is 4.90 Å². The number of benzene rings is 2. The quantitative estimate of drug-likeness (QED) is 0.352. The third-order valence-electron chi connectivity index (χ3n) is 8.14. The zero-order valence-electron chi connectivity index (χ0n) is 21.3. The third-order valence-corrected chi connectivity index (χ3v) is 8.14. The molecule has 10 heteroatoms. The monoisotopic (exact) mass is 536 g/mol. The van der Waals surface area contributed by atoms with Gasteiger partial charge in [-0.3, -0.25) is 14.4 Å². The summed E-state index contributed by atoms with van der Waals surface area (Å²) in [7, 11) is 1.82. The summed E-state index contributed by atoms with van der Waals surface area (Å²) in [5, 5.41) is 43.4. The van der Waals surface area contributed by atoms with E-state index in [1.165, 1.54) is 6.07 Å². The molecule has 39 heavy (non-hydrogen) atoms. The number of ketones is 2. The molecular weight excluding hydrogens is 507 g/mol. The van der Waals surface area contributed by atoms with E-state index in [2.05, 4.69) is 0 Å². The summed E-state index contributed by atoms with van der Waals surface area (Å²) in [6.45, 7) is 0.806. The smallest absolute Gasteiger partial charge is 0.255 e. The lowest BCUT2D eigenvalue weighted by molar-refractivity contribution is -0.144. The minimum atomic E-state index is -2.65. The van der Waals surface area contributed by atoms with E-state index in [-0.39, 0.29) is 48.1 Å². The first-order valence-electron chi connectivity index (χ1n) is 12.7. The number of rotatable bonds is 6. The van der Waals surface area contributed by atoms with Gasteiger partial charge in [0.25, 0.3) is 5.91 Å². The number of aliphatic hydroxyl groups is 3. The Morgan fingerprint density at radius 1 is 1.15 bits per heavy atom. The number of nitrogens with zero attached hydrogens (tertiary/aromatic N) is 1. The molecule has 0 radical (unpaired) electrons.